The first-order valence-corrected chi connectivity index (χ1v) is 9.19. The van der Waals surface area contributed by atoms with Crippen molar-refractivity contribution >= 4 is 0 Å². The van der Waals surface area contributed by atoms with Gasteiger partial charge in [-0.05, 0) is 32.2 Å². The summed E-state index contributed by atoms with van der Waals surface area (Å²) in [5.41, 5.74) is 0. The molecule has 2 rings (SSSR count). The van der Waals surface area contributed by atoms with Gasteiger partial charge in [-0.1, -0.05) is 64.2 Å². The molecule has 20 heavy (non-hydrogen) atoms. The van der Waals surface area contributed by atoms with Gasteiger partial charge in [-0.3, -0.25) is 0 Å². The zero-order chi connectivity index (χ0) is 14.0. The Morgan fingerprint density at radius 2 is 1.40 bits per heavy atom. The van der Waals surface area contributed by atoms with E-state index in [-0.39, 0.29) is 0 Å². The Hall–Kier alpha value is -0.0800. The monoisotopic (exact) mass is 281 g/mol. The van der Waals surface area contributed by atoms with Crippen LogP contribution in [0.4, 0.5) is 0 Å². The van der Waals surface area contributed by atoms with Crippen LogP contribution in [0.3, 0.4) is 0 Å². The summed E-state index contributed by atoms with van der Waals surface area (Å²) in [5, 5.41) is 3.53. The van der Waals surface area contributed by atoms with Crippen molar-refractivity contribution in [3.63, 3.8) is 0 Å². The van der Waals surface area contributed by atoms with Gasteiger partial charge in [0.15, 0.2) is 0 Å². The van der Waals surface area contributed by atoms with E-state index < -0.39 is 0 Å². The summed E-state index contributed by atoms with van der Waals surface area (Å²) in [5.74, 6) is 0.995. The van der Waals surface area contributed by atoms with Gasteiger partial charge < -0.3 is 10.1 Å². The molecule has 0 amide bonds. The fraction of sp³-hybridized carbons (Fsp3) is 1.00. The topological polar surface area (TPSA) is 21.3 Å². The van der Waals surface area contributed by atoms with Gasteiger partial charge in [-0.2, -0.15) is 0 Å². The average molecular weight is 281 g/mol. The van der Waals surface area contributed by atoms with E-state index in [0.717, 1.165) is 12.5 Å². The standard InChI is InChI=1S/C18H35NO/c1-19-17-10-8-6-4-2-3-5-7-9-11-18(17)20-15-14-16-12-13-16/h16-19H,2-15H2,1H3. The lowest BCUT2D eigenvalue weighted by Gasteiger charge is -2.28. The molecule has 2 fully saturated rings. The Balaban J connectivity index is 1.75. The SMILES string of the molecule is CNC1CCCCCCCCCCC1OCCC1CC1. The summed E-state index contributed by atoms with van der Waals surface area (Å²) in [4.78, 5) is 0. The Kier molecular flexibility index (Phi) is 7.97. The number of likely N-dealkylation sites (N-methyl/N-ethyl adjacent to an activating group) is 1. The zero-order valence-electron chi connectivity index (χ0n) is 13.5. The second kappa shape index (κ2) is 9.78. The summed E-state index contributed by atoms with van der Waals surface area (Å²) in [6.07, 6.45) is 18.5. The van der Waals surface area contributed by atoms with E-state index in [4.69, 9.17) is 4.74 Å². The summed E-state index contributed by atoms with van der Waals surface area (Å²) in [6, 6.07) is 0.577. The maximum atomic E-state index is 6.28. The van der Waals surface area contributed by atoms with E-state index >= 15 is 0 Å². The number of ether oxygens (including phenoxy) is 1. The van der Waals surface area contributed by atoms with Crippen LogP contribution in [0.25, 0.3) is 0 Å². The van der Waals surface area contributed by atoms with Gasteiger partial charge in [-0.25, -0.2) is 0 Å². The molecule has 2 heteroatoms. The molecule has 2 aliphatic carbocycles. The molecule has 2 aliphatic rings. The number of hydrogen-bond donors (Lipinski definition) is 1. The van der Waals surface area contributed by atoms with Gasteiger partial charge in [-0.15, -0.1) is 0 Å². The van der Waals surface area contributed by atoms with Gasteiger partial charge in [0.25, 0.3) is 0 Å². The predicted molar refractivity (Wildman–Crippen MR) is 86.1 cm³/mol. The van der Waals surface area contributed by atoms with E-state index in [0.29, 0.717) is 12.1 Å². The molecule has 0 saturated heterocycles. The summed E-state index contributed by atoms with van der Waals surface area (Å²) in [7, 11) is 2.12. The first kappa shape index (κ1) is 16.3. The molecule has 0 aromatic rings. The Morgan fingerprint density at radius 3 is 2.00 bits per heavy atom. The summed E-state index contributed by atoms with van der Waals surface area (Å²) >= 11 is 0. The van der Waals surface area contributed by atoms with E-state index in [9.17, 15) is 0 Å². The van der Waals surface area contributed by atoms with Crippen LogP contribution in [0.1, 0.15) is 83.5 Å². The molecule has 2 unspecified atom stereocenters. The molecule has 0 radical (unpaired) electrons. The van der Waals surface area contributed by atoms with Crippen LogP contribution < -0.4 is 5.32 Å². The van der Waals surface area contributed by atoms with Crippen molar-refractivity contribution in [1.82, 2.24) is 5.32 Å². The van der Waals surface area contributed by atoms with Crippen LogP contribution in [0.2, 0.25) is 0 Å². The summed E-state index contributed by atoms with van der Waals surface area (Å²) in [6.45, 7) is 0.994. The highest BCUT2D eigenvalue weighted by Gasteiger charge is 2.24. The van der Waals surface area contributed by atoms with Gasteiger partial charge in [0.05, 0.1) is 6.10 Å². The third-order valence-electron chi connectivity index (χ3n) is 5.13. The van der Waals surface area contributed by atoms with Crippen molar-refractivity contribution < 1.29 is 4.74 Å². The molecule has 0 aliphatic heterocycles. The lowest BCUT2D eigenvalue weighted by molar-refractivity contribution is 0.0149. The molecular formula is C18H35NO. The number of rotatable bonds is 5. The minimum absolute atomic E-state index is 0.457. The molecule has 0 aromatic heterocycles. The molecule has 2 saturated carbocycles. The Bertz CT molecular complexity index is 240. The molecule has 0 spiro atoms. The highest BCUT2D eigenvalue weighted by molar-refractivity contribution is 4.78. The van der Waals surface area contributed by atoms with Crippen molar-refractivity contribution in [2.24, 2.45) is 5.92 Å². The van der Waals surface area contributed by atoms with Crippen LogP contribution in [-0.4, -0.2) is 25.8 Å². The Morgan fingerprint density at radius 1 is 0.800 bits per heavy atom. The van der Waals surface area contributed by atoms with E-state index in [2.05, 4.69) is 12.4 Å². The van der Waals surface area contributed by atoms with E-state index in [1.165, 1.54) is 83.5 Å². The molecular weight excluding hydrogens is 246 g/mol. The van der Waals surface area contributed by atoms with Crippen molar-refractivity contribution in [2.75, 3.05) is 13.7 Å². The quantitative estimate of drug-likeness (QED) is 0.790. The van der Waals surface area contributed by atoms with Crippen LogP contribution in [-0.2, 0) is 4.74 Å². The largest absolute Gasteiger partial charge is 0.377 e. The Labute approximate surface area is 126 Å². The normalized spacial score (nSPS) is 30.4. The van der Waals surface area contributed by atoms with E-state index in [1.54, 1.807) is 0 Å². The smallest absolute Gasteiger partial charge is 0.0727 e. The lowest BCUT2D eigenvalue weighted by atomic mass is 9.96. The zero-order valence-corrected chi connectivity index (χ0v) is 13.5. The molecule has 1 N–H and O–H groups in total. The van der Waals surface area contributed by atoms with Crippen molar-refractivity contribution in [2.45, 2.75) is 95.6 Å². The summed E-state index contributed by atoms with van der Waals surface area (Å²) < 4.78 is 6.28. The fourth-order valence-corrected chi connectivity index (χ4v) is 3.48. The maximum Gasteiger partial charge on any atom is 0.0727 e. The van der Waals surface area contributed by atoms with E-state index in [1.807, 2.05) is 0 Å². The van der Waals surface area contributed by atoms with Gasteiger partial charge in [0, 0.05) is 12.6 Å². The van der Waals surface area contributed by atoms with Gasteiger partial charge in [0.1, 0.15) is 0 Å². The number of hydrogen-bond acceptors (Lipinski definition) is 2. The lowest BCUT2D eigenvalue weighted by Crippen LogP contribution is -2.39. The minimum atomic E-state index is 0.457. The molecule has 0 bridgehead atoms. The second-order valence-corrected chi connectivity index (χ2v) is 6.94. The minimum Gasteiger partial charge on any atom is -0.377 e. The van der Waals surface area contributed by atoms with Gasteiger partial charge >= 0.3 is 0 Å². The van der Waals surface area contributed by atoms with Crippen molar-refractivity contribution in [3.8, 4) is 0 Å². The third kappa shape index (κ3) is 6.58. The molecule has 118 valence electrons. The molecule has 0 heterocycles. The van der Waals surface area contributed by atoms with Crippen LogP contribution in [0.5, 0.6) is 0 Å². The number of nitrogens with one attached hydrogen (secondary N) is 1. The molecule has 2 nitrogen and oxygen atoms in total. The van der Waals surface area contributed by atoms with Crippen LogP contribution in [0, 0.1) is 5.92 Å². The first-order valence-electron chi connectivity index (χ1n) is 9.19. The molecule has 2 atom stereocenters. The maximum absolute atomic E-state index is 6.28. The van der Waals surface area contributed by atoms with Crippen LogP contribution >= 0.6 is 0 Å². The van der Waals surface area contributed by atoms with Crippen molar-refractivity contribution in [3.05, 3.63) is 0 Å². The second-order valence-electron chi connectivity index (χ2n) is 6.94. The highest BCUT2D eigenvalue weighted by Crippen LogP contribution is 2.32. The third-order valence-corrected chi connectivity index (χ3v) is 5.13. The first-order chi connectivity index (χ1) is 9.90. The van der Waals surface area contributed by atoms with Gasteiger partial charge in [0.2, 0.25) is 0 Å². The fourth-order valence-electron chi connectivity index (χ4n) is 3.48. The average Bonchev–Trinajstić information content (AvgIpc) is 3.25. The highest BCUT2D eigenvalue weighted by atomic mass is 16.5. The van der Waals surface area contributed by atoms with Crippen LogP contribution in [0.15, 0.2) is 0 Å². The van der Waals surface area contributed by atoms with Crippen molar-refractivity contribution in [1.29, 1.82) is 0 Å². The molecule has 0 aromatic carbocycles. The predicted octanol–water partition coefficient (Wildman–Crippen LogP) is 4.67.